The Hall–Kier alpha value is -3.61. The maximum atomic E-state index is 13.0. The summed E-state index contributed by atoms with van der Waals surface area (Å²) >= 11 is 0. The number of nitrogens with zero attached hydrogens (tertiary/aromatic N) is 2. The summed E-state index contributed by atoms with van der Waals surface area (Å²) in [6.45, 7) is -0.0429. The summed E-state index contributed by atoms with van der Waals surface area (Å²) in [4.78, 5) is 24.0. The third kappa shape index (κ3) is 2.90. The van der Waals surface area contributed by atoms with Crippen molar-refractivity contribution >= 4 is 17.5 Å². The number of hydrogen-bond donors (Lipinski definition) is 2. The maximum Gasteiger partial charge on any atom is 0.239 e. The Kier molecular flexibility index (Phi) is 3.89. The number of carbonyl (C=O) groups excluding carboxylic acids is 2. The van der Waals surface area contributed by atoms with Crippen LogP contribution in [0.2, 0.25) is 0 Å². The SMILES string of the molecule is NC(=O)Cn1cc(NC(=O)C2c3ccccc3Oc3ccccc32)cn1. The van der Waals surface area contributed by atoms with Crippen molar-refractivity contribution in [2.75, 3.05) is 5.32 Å². The minimum absolute atomic E-state index is 0.0429. The molecule has 1 aliphatic rings. The van der Waals surface area contributed by atoms with E-state index in [1.807, 2.05) is 48.5 Å². The lowest BCUT2D eigenvalue weighted by atomic mass is 9.87. The summed E-state index contributed by atoms with van der Waals surface area (Å²) in [5, 5.41) is 6.88. The highest BCUT2D eigenvalue weighted by Gasteiger charge is 2.32. The van der Waals surface area contributed by atoms with Gasteiger partial charge in [-0.2, -0.15) is 5.10 Å². The molecule has 0 radical (unpaired) electrons. The van der Waals surface area contributed by atoms with Crippen LogP contribution in [0, 0.1) is 0 Å². The van der Waals surface area contributed by atoms with Gasteiger partial charge >= 0.3 is 0 Å². The fraction of sp³-hybridized carbons (Fsp3) is 0.105. The van der Waals surface area contributed by atoms with Crippen molar-refractivity contribution < 1.29 is 14.3 Å². The Bertz CT molecular complexity index is 950. The van der Waals surface area contributed by atoms with Gasteiger partial charge in [0, 0.05) is 17.3 Å². The molecule has 0 saturated carbocycles. The van der Waals surface area contributed by atoms with Crippen molar-refractivity contribution in [3.8, 4) is 11.5 Å². The molecule has 0 atom stereocenters. The highest BCUT2D eigenvalue weighted by atomic mass is 16.5. The van der Waals surface area contributed by atoms with Crippen LogP contribution < -0.4 is 15.8 Å². The van der Waals surface area contributed by atoms with Crippen LogP contribution in [0.4, 0.5) is 5.69 Å². The van der Waals surface area contributed by atoms with Gasteiger partial charge in [-0.3, -0.25) is 14.3 Å². The van der Waals surface area contributed by atoms with E-state index in [-0.39, 0.29) is 12.5 Å². The monoisotopic (exact) mass is 348 g/mol. The molecule has 3 N–H and O–H groups in total. The molecule has 26 heavy (non-hydrogen) atoms. The third-order valence-corrected chi connectivity index (χ3v) is 4.16. The second kappa shape index (κ2) is 6.36. The molecule has 130 valence electrons. The van der Waals surface area contributed by atoms with E-state index in [9.17, 15) is 9.59 Å². The van der Waals surface area contributed by atoms with E-state index in [2.05, 4.69) is 10.4 Å². The fourth-order valence-corrected chi connectivity index (χ4v) is 3.08. The number of anilines is 1. The minimum Gasteiger partial charge on any atom is -0.457 e. The molecule has 2 aromatic carbocycles. The van der Waals surface area contributed by atoms with Gasteiger partial charge in [0.1, 0.15) is 18.0 Å². The van der Waals surface area contributed by atoms with Crippen molar-refractivity contribution in [2.45, 2.75) is 12.5 Å². The summed E-state index contributed by atoms with van der Waals surface area (Å²) in [6.07, 6.45) is 3.05. The number of amides is 2. The molecule has 0 spiro atoms. The van der Waals surface area contributed by atoms with Crippen LogP contribution in [0.1, 0.15) is 17.0 Å². The van der Waals surface area contributed by atoms with Gasteiger partial charge in [0.15, 0.2) is 0 Å². The first-order valence-electron chi connectivity index (χ1n) is 8.09. The number of ether oxygens (including phenoxy) is 1. The van der Waals surface area contributed by atoms with E-state index in [0.717, 1.165) is 11.1 Å². The molecule has 7 nitrogen and oxygen atoms in total. The Balaban J connectivity index is 1.65. The first kappa shape index (κ1) is 15.9. The van der Waals surface area contributed by atoms with E-state index in [1.54, 1.807) is 6.20 Å². The summed E-state index contributed by atoms with van der Waals surface area (Å²) in [5.41, 5.74) is 7.25. The number of rotatable bonds is 4. The molecule has 1 aliphatic heterocycles. The molecule has 4 rings (SSSR count). The number of para-hydroxylation sites is 2. The zero-order valence-corrected chi connectivity index (χ0v) is 13.8. The van der Waals surface area contributed by atoms with Crippen LogP contribution >= 0.6 is 0 Å². The van der Waals surface area contributed by atoms with Crippen molar-refractivity contribution in [1.29, 1.82) is 0 Å². The van der Waals surface area contributed by atoms with Gasteiger partial charge in [0.25, 0.3) is 0 Å². The molecule has 3 aromatic rings. The normalized spacial score (nSPS) is 12.6. The summed E-state index contributed by atoms with van der Waals surface area (Å²) in [7, 11) is 0. The Morgan fingerprint density at radius 1 is 1.08 bits per heavy atom. The average Bonchev–Trinajstić information content (AvgIpc) is 3.05. The lowest BCUT2D eigenvalue weighted by molar-refractivity contribution is -0.119. The maximum absolute atomic E-state index is 13.0. The second-order valence-electron chi connectivity index (χ2n) is 5.99. The molecular formula is C19H16N4O3. The van der Waals surface area contributed by atoms with Crippen LogP contribution in [0.5, 0.6) is 11.5 Å². The van der Waals surface area contributed by atoms with Crippen LogP contribution in [0.15, 0.2) is 60.9 Å². The molecule has 2 amide bonds. The van der Waals surface area contributed by atoms with Crippen molar-refractivity contribution in [1.82, 2.24) is 9.78 Å². The Morgan fingerprint density at radius 2 is 1.69 bits per heavy atom. The predicted molar refractivity (Wildman–Crippen MR) is 94.9 cm³/mol. The molecule has 7 heteroatoms. The first-order valence-corrected chi connectivity index (χ1v) is 8.09. The molecule has 0 saturated heterocycles. The van der Waals surface area contributed by atoms with E-state index >= 15 is 0 Å². The van der Waals surface area contributed by atoms with E-state index in [4.69, 9.17) is 10.5 Å². The van der Waals surface area contributed by atoms with Gasteiger partial charge < -0.3 is 15.8 Å². The number of hydrogen-bond acceptors (Lipinski definition) is 4. The van der Waals surface area contributed by atoms with Gasteiger partial charge in [-0.1, -0.05) is 36.4 Å². The summed E-state index contributed by atoms with van der Waals surface area (Å²) in [5.74, 6) is 0.118. The lowest BCUT2D eigenvalue weighted by Gasteiger charge is -2.27. The van der Waals surface area contributed by atoms with E-state index < -0.39 is 11.8 Å². The highest BCUT2D eigenvalue weighted by molar-refractivity contribution is 5.99. The smallest absolute Gasteiger partial charge is 0.239 e. The number of primary amides is 1. The van der Waals surface area contributed by atoms with E-state index in [0.29, 0.717) is 17.2 Å². The Morgan fingerprint density at radius 3 is 2.31 bits per heavy atom. The van der Waals surface area contributed by atoms with Gasteiger partial charge in [0.2, 0.25) is 11.8 Å². The molecule has 2 heterocycles. The van der Waals surface area contributed by atoms with Crippen molar-refractivity contribution in [2.24, 2.45) is 5.73 Å². The molecule has 1 aromatic heterocycles. The highest BCUT2D eigenvalue weighted by Crippen LogP contribution is 2.44. The van der Waals surface area contributed by atoms with Crippen molar-refractivity contribution in [3.05, 3.63) is 72.1 Å². The van der Waals surface area contributed by atoms with Crippen LogP contribution in [0.3, 0.4) is 0 Å². The summed E-state index contributed by atoms with van der Waals surface area (Å²) in [6, 6.07) is 14.9. The fourth-order valence-electron chi connectivity index (χ4n) is 3.08. The van der Waals surface area contributed by atoms with Crippen LogP contribution in [-0.4, -0.2) is 21.6 Å². The zero-order valence-electron chi connectivity index (χ0n) is 13.8. The molecule has 0 fully saturated rings. The first-order chi connectivity index (χ1) is 12.6. The predicted octanol–water partition coefficient (Wildman–Crippen LogP) is 2.24. The second-order valence-corrected chi connectivity index (χ2v) is 5.99. The molecule has 0 unspecified atom stereocenters. The van der Waals surface area contributed by atoms with Gasteiger partial charge in [-0.25, -0.2) is 0 Å². The summed E-state index contributed by atoms with van der Waals surface area (Å²) < 4.78 is 7.29. The van der Waals surface area contributed by atoms with Crippen LogP contribution in [0.25, 0.3) is 0 Å². The molecule has 0 bridgehead atoms. The number of aromatic nitrogens is 2. The number of benzene rings is 2. The zero-order chi connectivity index (χ0) is 18.1. The topological polar surface area (TPSA) is 99.2 Å². The number of nitrogens with two attached hydrogens (primary N) is 1. The van der Waals surface area contributed by atoms with Gasteiger partial charge in [-0.15, -0.1) is 0 Å². The largest absolute Gasteiger partial charge is 0.457 e. The number of fused-ring (bicyclic) bond motifs is 2. The van der Waals surface area contributed by atoms with Crippen molar-refractivity contribution in [3.63, 3.8) is 0 Å². The quantitative estimate of drug-likeness (QED) is 0.755. The Labute approximate surface area is 149 Å². The lowest BCUT2D eigenvalue weighted by Crippen LogP contribution is -2.25. The average molecular weight is 348 g/mol. The van der Waals surface area contributed by atoms with E-state index in [1.165, 1.54) is 10.9 Å². The van der Waals surface area contributed by atoms with Gasteiger partial charge in [-0.05, 0) is 12.1 Å². The van der Waals surface area contributed by atoms with Gasteiger partial charge in [0.05, 0.1) is 17.8 Å². The third-order valence-electron chi connectivity index (χ3n) is 4.16. The number of nitrogens with one attached hydrogen (secondary N) is 1. The van der Waals surface area contributed by atoms with Crippen LogP contribution in [-0.2, 0) is 16.1 Å². The molecular weight excluding hydrogens is 332 g/mol. The minimum atomic E-state index is -0.504. The number of carbonyl (C=O) groups is 2. The molecule has 0 aliphatic carbocycles. The standard InChI is InChI=1S/C19H16N4O3/c20-17(24)11-23-10-12(9-21-23)22-19(25)18-13-5-1-3-7-15(13)26-16-8-4-2-6-14(16)18/h1-10,18H,11H2,(H2,20,24)(H,22,25).